The second-order valence-electron chi connectivity index (χ2n) is 3.59. The average Bonchev–Trinajstić information content (AvgIpc) is 1.97. The molecule has 0 aromatic heterocycles. The lowest BCUT2D eigenvalue weighted by atomic mass is 10.1. The Hall–Kier alpha value is -0.0800. The molecule has 1 fully saturated rings. The zero-order valence-electron chi connectivity index (χ0n) is 7.93. The van der Waals surface area contributed by atoms with Crippen molar-refractivity contribution in [1.29, 1.82) is 0 Å². The third kappa shape index (κ3) is 2.17. The summed E-state index contributed by atoms with van der Waals surface area (Å²) >= 11 is 0. The van der Waals surface area contributed by atoms with Gasteiger partial charge < -0.3 is 5.32 Å². The van der Waals surface area contributed by atoms with Crippen molar-refractivity contribution in [3.8, 4) is 0 Å². The van der Waals surface area contributed by atoms with Crippen molar-refractivity contribution in [1.82, 2.24) is 10.2 Å². The molecule has 66 valence electrons. The van der Waals surface area contributed by atoms with Crippen LogP contribution in [0.3, 0.4) is 0 Å². The van der Waals surface area contributed by atoms with Crippen LogP contribution in [0.2, 0.25) is 0 Å². The molecule has 0 bridgehead atoms. The third-order valence-corrected chi connectivity index (χ3v) is 2.49. The Labute approximate surface area is 70.0 Å². The highest BCUT2D eigenvalue weighted by Crippen LogP contribution is 2.09. The van der Waals surface area contributed by atoms with Gasteiger partial charge in [-0.25, -0.2) is 0 Å². The van der Waals surface area contributed by atoms with Gasteiger partial charge in [0, 0.05) is 25.2 Å². The van der Waals surface area contributed by atoms with E-state index in [-0.39, 0.29) is 0 Å². The molecule has 0 saturated carbocycles. The number of nitrogens with one attached hydrogen (secondary N) is 1. The number of piperazine rings is 1. The molecule has 0 amide bonds. The van der Waals surface area contributed by atoms with Gasteiger partial charge in [0.25, 0.3) is 0 Å². The van der Waals surface area contributed by atoms with Crippen LogP contribution in [0.25, 0.3) is 0 Å². The van der Waals surface area contributed by atoms with Crippen LogP contribution in [-0.4, -0.2) is 36.6 Å². The van der Waals surface area contributed by atoms with E-state index < -0.39 is 0 Å². The van der Waals surface area contributed by atoms with Crippen molar-refractivity contribution < 1.29 is 0 Å². The van der Waals surface area contributed by atoms with Gasteiger partial charge in [-0.2, -0.15) is 0 Å². The minimum absolute atomic E-state index is 0.721. The molecule has 0 radical (unpaired) electrons. The van der Waals surface area contributed by atoms with E-state index in [9.17, 15) is 0 Å². The molecule has 0 aromatic rings. The Kier molecular flexibility index (Phi) is 3.34. The van der Waals surface area contributed by atoms with Crippen molar-refractivity contribution in [2.75, 3.05) is 19.6 Å². The first-order chi connectivity index (χ1) is 5.25. The summed E-state index contributed by atoms with van der Waals surface area (Å²) in [6.07, 6.45) is 1.27. The summed E-state index contributed by atoms with van der Waals surface area (Å²) in [5, 5.41) is 3.43. The van der Waals surface area contributed by atoms with Gasteiger partial charge in [0.05, 0.1) is 0 Å². The molecule has 1 saturated heterocycles. The van der Waals surface area contributed by atoms with Crippen LogP contribution in [-0.2, 0) is 0 Å². The quantitative estimate of drug-likeness (QED) is 0.643. The first kappa shape index (κ1) is 9.01. The van der Waals surface area contributed by atoms with Gasteiger partial charge in [-0.05, 0) is 26.8 Å². The largest absolute Gasteiger partial charge is 0.314 e. The minimum Gasteiger partial charge on any atom is -0.314 e. The molecular formula is C9H20N2. The maximum Gasteiger partial charge on any atom is 0.0195 e. The van der Waals surface area contributed by atoms with Gasteiger partial charge in [-0.15, -0.1) is 0 Å². The summed E-state index contributed by atoms with van der Waals surface area (Å²) in [7, 11) is 0. The third-order valence-electron chi connectivity index (χ3n) is 2.49. The summed E-state index contributed by atoms with van der Waals surface area (Å²) in [6.45, 7) is 10.4. The summed E-state index contributed by atoms with van der Waals surface area (Å²) in [5.41, 5.74) is 0. The van der Waals surface area contributed by atoms with Crippen LogP contribution in [0, 0.1) is 0 Å². The Bertz CT molecular complexity index is 104. The predicted octanol–water partition coefficient (Wildman–Crippen LogP) is 1.08. The Balaban J connectivity index is 2.41. The number of nitrogens with zero attached hydrogens (tertiary/aromatic N) is 1. The molecule has 0 aliphatic carbocycles. The second kappa shape index (κ2) is 4.07. The molecule has 1 rings (SSSR count). The molecule has 1 N–H and O–H groups in total. The maximum atomic E-state index is 3.43. The number of hydrogen-bond donors (Lipinski definition) is 1. The van der Waals surface area contributed by atoms with E-state index in [1.807, 2.05) is 0 Å². The van der Waals surface area contributed by atoms with Gasteiger partial charge in [-0.3, -0.25) is 4.90 Å². The molecular weight excluding hydrogens is 136 g/mol. The number of rotatable bonds is 2. The highest BCUT2D eigenvalue weighted by atomic mass is 15.2. The van der Waals surface area contributed by atoms with Crippen LogP contribution in [0.15, 0.2) is 0 Å². The molecule has 2 nitrogen and oxygen atoms in total. The van der Waals surface area contributed by atoms with Crippen LogP contribution >= 0.6 is 0 Å². The van der Waals surface area contributed by atoms with Crippen LogP contribution in [0.4, 0.5) is 0 Å². The fraction of sp³-hybridized carbons (Fsp3) is 1.00. The van der Waals surface area contributed by atoms with E-state index in [2.05, 4.69) is 31.0 Å². The smallest absolute Gasteiger partial charge is 0.0195 e. The molecule has 0 unspecified atom stereocenters. The monoisotopic (exact) mass is 156 g/mol. The first-order valence-corrected chi connectivity index (χ1v) is 4.72. The van der Waals surface area contributed by atoms with E-state index in [0.29, 0.717) is 0 Å². The summed E-state index contributed by atoms with van der Waals surface area (Å²) in [4.78, 5) is 2.59. The zero-order chi connectivity index (χ0) is 8.27. The lowest BCUT2D eigenvalue weighted by Crippen LogP contribution is -2.55. The molecule has 2 atom stereocenters. The van der Waals surface area contributed by atoms with Crippen LogP contribution < -0.4 is 5.32 Å². The first-order valence-electron chi connectivity index (χ1n) is 4.72. The van der Waals surface area contributed by atoms with Crippen molar-refractivity contribution in [2.45, 2.75) is 39.3 Å². The fourth-order valence-corrected chi connectivity index (χ4v) is 1.87. The molecule has 1 aliphatic rings. The highest BCUT2D eigenvalue weighted by Gasteiger charge is 2.22. The van der Waals surface area contributed by atoms with E-state index in [0.717, 1.165) is 25.2 Å². The maximum absolute atomic E-state index is 3.43. The van der Waals surface area contributed by atoms with E-state index in [1.165, 1.54) is 13.0 Å². The summed E-state index contributed by atoms with van der Waals surface area (Å²) < 4.78 is 0. The predicted molar refractivity (Wildman–Crippen MR) is 48.8 cm³/mol. The van der Waals surface area contributed by atoms with E-state index >= 15 is 0 Å². The van der Waals surface area contributed by atoms with Crippen molar-refractivity contribution in [3.05, 3.63) is 0 Å². The molecule has 1 heterocycles. The lowest BCUT2D eigenvalue weighted by Gasteiger charge is -2.39. The zero-order valence-corrected chi connectivity index (χ0v) is 7.93. The Morgan fingerprint density at radius 2 is 1.82 bits per heavy atom. The van der Waals surface area contributed by atoms with Gasteiger partial charge in [0.2, 0.25) is 0 Å². The van der Waals surface area contributed by atoms with Gasteiger partial charge >= 0.3 is 0 Å². The standard InChI is InChI=1S/C9H20N2/c1-4-5-11-8(2)6-10-7-9(11)3/h8-10H,4-7H2,1-3H3/t8-,9-/m0/s1. The molecule has 11 heavy (non-hydrogen) atoms. The molecule has 0 aromatic carbocycles. The number of hydrogen-bond acceptors (Lipinski definition) is 2. The van der Waals surface area contributed by atoms with Gasteiger partial charge in [-0.1, -0.05) is 6.92 Å². The fourth-order valence-electron chi connectivity index (χ4n) is 1.87. The summed E-state index contributed by atoms with van der Waals surface area (Å²) in [5.74, 6) is 0. The highest BCUT2D eigenvalue weighted by molar-refractivity contribution is 4.81. The van der Waals surface area contributed by atoms with Crippen molar-refractivity contribution in [3.63, 3.8) is 0 Å². The second-order valence-corrected chi connectivity index (χ2v) is 3.59. The SMILES string of the molecule is CCCN1[C@@H](C)CNC[C@@H]1C. The Morgan fingerprint density at radius 3 is 2.27 bits per heavy atom. The van der Waals surface area contributed by atoms with Gasteiger partial charge in [0.1, 0.15) is 0 Å². The van der Waals surface area contributed by atoms with Crippen molar-refractivity contribution >= 4 is 0 Å². The van der Waals surface area contributed by atoms with E-state index in [4.69, 9.17) is 0 Å². The van der Waals surface area contributed by atoms with Crippen LogP contribution in [0.5, 0.6) is 0 Å². The minimum atomic E-state index is 0.721. The topological polar surface area (TPSA) is 15.3 Å². The molecule has 1 aliphatic heterocycles. The lowest BCUT2D eigenvalue weighted by molar-refractivity contribution is 0.117. The van der Waals surface area contributed by atoms with Crippen LogP contribution in [0.1, 0.15) is 27.2 Å². The Morgan fingerprint density at radius 1 is 1.27 bits per heavy atom. The average molecular weight is 156 g/mol. The van der Waals surface area contributed by atoms with Gasteiger partial charge in [0.15, 0.2) is 0 Å². The van der Waals surface area contributed by atoms with Crippen molar-refractivity contribution in [2.24, 2.45) is 0 Å². The molecule has 2 heteroatoms. The summed E-state index contributed by atoms with van der Waals surface area (Å²) in [6, 6.07) is 1.44. The molecule has 0 spiro atoms. The normalized spacial score (nSPS) is 34.1. The van der Waals surface area contributed by atoms with E-state index in [1.54, 1.807) is 0 Å².